The van der Waals surface area contributed by atoms with Gasteiger partial charge in [0.2, 0.25) is 17.7 Å². The normalized spacial score (nSPS) is 22.8. The van der Waals surface area contributed by atoms with Crippen molar-refractivity contribution >= 4 is 17.7 Å². The Morgan fingerprint density at radius 1 is 1.08 bits per heavy atom. The summed E-state index contributed by atoms with van der Waals surface area (Å²) in [6.45, 7) is 5.22. The van der Waals surface area contributed by atoms with Crippen LogP contribution in [-0.4, -0.2) is 72.4 Å². The van der Waals surface area contributed by atoms with Crippen molar-refractivity contribution < 1.29 is 19.1 Å². The summed E-state index contributed by atoms with van der Waals surface area (Å²) in [6.07, 6.45) is 2.01. The average molecular weight is 521 g/mol. The highest BCUT2D eigenvalue weighted by Crippen LogP contribution is 2.50. The molecule has 2 aromatic carbocycles. The number of ether oxygens (including phenoxy) is 1. The first-order valence-electron chi connectivity index (χ1n) is 13.4. The number of hydrogen-bond acceptors (Lipinski definition) is 5. The Balaban J connectivity index is 1.49. The van der Waals surface area contributed by atoms with Crippen LogP contribution in [0.25, 0.3) is 0 Å². The lowest BCUT2D eigenvalue weighted by Gasteiger charge is -2.32. The molecule has 3 atom stereocenters. The van der Waals surface area contributed by atoms with Gasteiger partial charge in [0, 0.05) is 32.6 Å². The second kappa shape index (κ2) is 11.7. The zero-order valence-corrected chi connectivity index (χ0v) is 22.7. The Kier molecular flexibility index (Phi) is 8.53. The summed E-state index contributed by atoms with van der Waals surface area (Å²) in [5.41, 5.74) is 6.48. The summed E-state index contributed by atoms with van der Waals surface area (Å²) in [5.74, 6) is -0.384. The number of likely N-dealkylation sites (tertiary alicyclic amines) is 2. The number of benzene rings is 2. The van der Waals surface area contributed by atoms with Crippen LogP contribution >= 0.6 is 0 Å². The highest BCUT2D eigenvalue weighted by atomic mass is 16.5. The highest BCUT2D eigenvalue weighted by Gasteiger charge is 2.53. The molecule has 0 bridgehead atoms. The van der Waals surface area contributed by atoms with Crippen LogP contribution in [0.1, 0.15) is 50.2 Å². The Morgan fingerprint density at radius 2 is 1.74 bits per heavy atom. The van der Waals surface area contributed by atoms with Gasteiger partial charge in [0.15, 0.2) is 0 Å². The van der Waals surface area contributed by atoms with E-state index in [1.54, 1.807) is 18.7 Å². The van der Waals surface area contributed by atoms with Crippen molar-refractivity contribution in [3.05, 3.63) is 71.8 Å². The van der Waals surface area contributed by atoms with Crippen LogP contribution in [-0.2, 0) is 25.7 Å². The van der Waals surface area contributed by atoms with Crippen molar-refractivity contribution in [2.75, 3.05) is 33.3 Å². The number of likely N-dealkylation sites (N-methyl/N-ethyl adjacent to an activating group) is 1. The molecule has 2 aliphatic heterocycles. The molecule has 3 unspecified atom stereocenters. The molecule has 1 spiro atoms. The molecule has 2 saturated heterocycles. The minimum Gasteiger partial charge on any atom is -0.374 e. The van der Waals surface area contributed by atoms with Crippen LogP contribution < -0.4 is 11.1 Å². The Bertz CT molecular complexity index is 1120. The first-order valence-corrected chi connectivity index (χ1v) is 13.4. The van der Waals surface area contributed by atoms with E-state index in [2.05, 4.69) is 17.4 Å². The number of nitrogens with two attached hydrogens (primary N) is 1. The van der Waals surface area contributed by atoms with Crippen molar-refractivity contribution in [3.63, 3.8) is 0 Å². The highest BCUT2D eigenvalue weighted by molar-refractivity contribution is 5.92. The Labute approximate surface area is 225 Å². The van der Waals surface area contributed by atoms with Gasteiger partial charge in [-0.1, -0.05) is 60.7 Å². The van der Waals surface area contributed by atoms with E-state index in [0.717, 1.165) is 17.5 Å². The molecule has 4 rings (SSSR count). The number of carbonyl (C=O) groups is 3. The standard InChI is InChI=1S/C30H40N4O4/c1-29(2,31)27(36)32-25(21-38-20-22-11-6-4-7-12-22)26(35)34-17-10-15-30(16-18-34)24(19-33(3)28(30)37)23-13-8-5-9-14-23/h4-9,11-14,24-25H,10,15-21,31H2,1-3H3,(H,32,36). The monoisotopic (exact) mass is 520 g/mol. The predicted octanol–water partition coefficient (Wildman–Crippen LogP) is 2.68. The molecular formula is C30H40N4O4. The summed E-state index contributed by atoms with van der Waals surface area (Å²) >= 11 is 0. The van der Waals surface area contributed by atoms with Crippen LogP contribution in [0.4, 0.5) is 0 Å². The third-order valence-electron chi connectivity index (χ3n) is 7.87. The molecule has 2 heterocycles. The van der Waals surface area contributed by atoms with E-state index >= 15 is 0 Å². The molecule has 0 aliphatic carbocycles. The third kappa shape index (κ3) is 6.08. The second-order valence-corrected chi connectivity index (χ2v) is 11.2. The van der Waals surface area contributed by atoms with Gasteiger partial charge in [-0.25, -0.2) is 0 Å². The lowest BCUT2D eigenvalue weighted by molar-refractivity contribution is -0.140. The van der Waals surface area contributed by atoms with Gasteiger partial charge >= 0.3 is 0 Å². The van der Waals surface area contributed by atoms with Crippen LogP contribution in [0.15, 0.2) is 60.7 Å². The summed E-state index contributed by atoms with van der Waals surface area (Å²) < 4.78 is 5.87. The smallest absolute Gasteiger partial charge is 0.247 e. The van der Waals surface area contributed by atoms with Crippen LogP contribution in [0, 0.1) is 5.41 Å². The Morgan fingerprint density at radius 3 is 2.39 bits per heavy atom. The van der Waals surface area contributed by atoms with E-state index < -0.39 is 22.9 Å². The van der Waals surface area contributed by atoms with Gasteiger partial charge in [-0.15, -0.1) is 0 Å². The summed E-state index contributed by atoms with van der Waals surface area (Å²) in [6, 6.07) is 19.0. The molecule has 0 radical (unpaired) electrons. The first kappa shape index (κ1) is 27.8. The molecule has 204 valence electrons. The van der Waals surface area contributed by atoms with Gasteiger partial charge < -0.3 is 25.6 Å². The van der Waals surface area contributed by atoms with Gasteiger partial charge in [-0.05, 0) is 44.2 Å². The third-order valence-corrected chi connectivity index (χ3v) is 7.87. The van der Waals surface area contributed by atoms with Gasteiger partial charge in [-0.2, -0.15) is 0 Å². The Hall–Kier alpha value is -3.23. The summed E-state index contributed by atoms with van der Waals surface area (Å²) in [5, 5.41) is 2.82. The number of carbonyl (C=O) groups excluding carboxylic acids is 3. The van der Waals surface area contributed by atoms with Crippen molar-refractivity contribution in [1.29, 1.82) is 0 Å². The van der Waals surface area contributed by atoms with Crippen LogP contribution in [0.3, 0.4) is 0 Å². The molecule has 3 N–H and O–H groups in total. The molecule has 2 aromatic rings. The fourth-order valence-corrected chi connectivity index (χ4v) is 5.72. The second-order valence-electron chi connectivity index (χ2n) is 11.2. The number of amides is 3. The molecule has 8 nitrogen and oxygen atoms in total. The minimum absolute atomic E-state index is 0.0332. The largest absolute Gasteiger partial charge is 0.374 e. The lowest BCUT2D eigenvalue weighted by atomic mass is 9.69. The number of nitrogens with one attached hydrogen (secondary N) is 1. The summed E-state index contributed by atoms with van der Waals surface area (Å²) in [4.78, 5) is 43.6. The molecule has 38 heavy (non-hydrogen) atoms. The fourth-order valence-electron chi connectivity index (χ4n) is 5.72. The maximum atomic E-state index is 13.8. The molecular weight excluding hydrogens is 480 g/mol. The molecule has 3 amide bonds. The lowest BCUT2D eigenvalue weighted by Crippen LogP contribution is -2.58. The molecule has 0 saturated carbocycles. The van der Waals surface area contributed by atoms with Crippen LogP contribution in [0.5, 0.6) is 0 Å². The maximum absolute atomic E-state index is 13.8. The fraction of sp³-hybridized carbons (Fsp3) is 0.500. The minimum atomic E-state index is -1.13. The van der Waals surface area contributed by atoms with Gasteiger partial charge in [-0.3, -0.25) is 14.4 Å². The molecule has 8 heteroatoms. The van der Waals surface area contributed by atoms with Gasteiger partial charge in [0.05, 0.1) is 24.2 Å². The topological polar surface area (TPSA) is 105 Å². The zero-order valence-electron chi connectivity index (χ0n) is 22.7. The van der Waals surface area contributed by atoms with E-state index in [1.165, 1.54) is 0 Å². The number of rotatable bonds is 8. The van der Waals surface area contributed by atoms with E-state index in [1.807, 2.05) is 60.5 Å². The van der Waals surface area contributed by atoms with Crippen molar-refractivity contribution in [2.24, 2.45) is 11.1 Å². The van der Waals surface area contributed by atoms with Gasteiger partial charge in [0.1, 0.15) is 6.04 Å². The average Bonchev–Trinajstić information content (AvgIpc) is 3.04. The summed E-state index contributed by atoms with van der Waals surface area (Å²) in [7, 11) is 1.87. The van der Waals surface area contributed by atoms with Gasteiger partial charge in [0.25, 0.3) is 0 Å². The van der Waals surface area contributed by atoms with E-state index in [-0.39, 0.29) is 24.3 Å². The van der Waals surface area contributed by atoms with E-state index in [0.29, 0.717) is 39.1 Å². The number of hydrogen-bond donors (Lipinski definition) is 2. The van der Waals surface area contributed by atoms with Crippen molar-refractivity contribution in [3.8, 4) is 0 Å². The molecule has 2 aliphatic rings. The molecule has 2 fully saturated rings. The SMILES string of the molecule is CN1CC(c2ccccc2)C2(CCCN(C(=O)C(COCc3ccccc3)NC(=O)C(C)(C)N)CC2)C1=O. The maximum Gasteiger partial charge on any atom is 0.247 e. The predicted molar refractivity (Wildman–Crippen MR) is 146 cm³/mol. The number of nitrogens with zero attached hydrogens (tertiary/aromatic N) is 2. The van der Waals surface area contributed by atoms with E-state index in [9.17, 15) is 14.4 Å². The zero-order chi connectivity index (χ0) is 27.3. The first-order chi connectivity index (χ1) is 18.1. The quantitative estimate of drug-likeness (QED) is 0.557. The van der Waals surface area contributed by atoms with Crippen LogP contribution in [0.2, 0.25) is 0 Å². The van der Waals surface area contributed by atoms with Crippen molar-refractivity contribution in [1.82, 2.24) is 15.1 Å². The van der Waals surface area contributed by atoms with E-state index in [4.69, 9.17) is 10.5 Å². The molecule has 0 aromatic heterocycles. The van der Waals surface area contributed by atoms with Crippen molar-refractivity contribution in [2.45, 2.75) is 57.2 Å².